The zero-order valence-electron chi connectivity index (χ0n) is 10.5. The average Bonchev–Trinajstić information content (AvgIpc) is 2.24. The van der Waals surface area contributed by atoms with Gasteiger partial charge in [0.2, 0.25) is 0 Å². The largest absolute Gasteiger partial charge is 0.146 e. The highest BCUT2D eigenvalue weighted by molar-refractivity contribution is 6.00. The third-order valence-corrected chi connectivity index (χ3v) is 2.36. The summed E-state index contributed by atoms with van der Waals surface area (Å²) in [5.41, 5.74) is 2.37. The van der Waals surface area contributed by atoms with Gasteiger partial charge in [0, 0.05) is 17.4 Å². The molecule has 0 fully saturated rings. The molecule has 0 aromatic heterocycles. The molecule has 0 N–H and O–H groups in total. The van der Waals surface area contributed by atoms with Crippen LogP contribution in [0.25, 0.3) is 0 Å². The third-order valence-electron chi connectivity index (χ3n) is 2.36. The maximum atomic E-state index is 4.18. The molecule has 0 amide bonds. The summed E-state index contributed by atoms with van der Waals surface area (Å²) < 4.78 is 0. The summed E-state index contributed by atoms with van der Waals surface area (Å²) in [4.78, 5) is 0. The molecule has 0 aromatic carbocycles. The molecule has 1 rings (SSSR count). The van der Waals surface area contributed by atoms with E-state index in [0.29, 0.717) is 0 Å². The van der Waals surface area contributed by atoms with Gasteiger partial charge in [-0.3, -0.25) is 0 Å². The molecule has 1 aliphatic heterocycles. The van der Waals surface area contributed by atoms with E-state index in [-0.39, 0.29) is 10.8 Å². The molecule has 0 saturated carbocycles. The van der Waals surface area contributed by atoms with E-state index < -0.39 is 0 Å². The van der Waals surface area contributed by atoms with Crippen molar-refractivity contribution in [3.8, 4) is 0 Å². The molecule has 0 aliphatic carbocycles. The third kappa shape index (κ3) is 3.17. The molecule has 0 bridgehead atoms. The lowest BCUT2D eigenvalue weighted by Crippen LogP contribution is -2.20. The van der Waals surface area contributed by atoms with Gasteiger partial charge in [0.15, 0.2) is 0 Å². The van der Waals surface area contributed by atoms with E-state index in [1.807, 2.05) is 6.08 Å². The van der Waals surface area contributed by atoms with E-state index >= 15 is 0 Å². The summed E-state index contributed by atoms with van der Waals surface area (Å²) in [5.74, 6) is 2.85. The summed E-state index contributed by atoms with van der Waals surface area (Å²) in [5, 5.41) is 8.09. The summed E-state index contributed by atoms with van der Waals surface area (Å²) in [6.45, 7) is 13.0. The quantitative estimate of drug-likeness (QED) is 0.576. The first kappa shape index (κ1) is 11.9. The van der Waals surface area contributed by atoms with Crippen molar-refractivity contribution in [2.45, 2.75) is 41.5 Å². The fraction of sp³-hybridized carbons (Fsp3) is 0.615. The van der Waals surface area contributed by atoms with E-state index in [1.165, 1.54) is 5.57 Å². The van der Waals surface area contributed by atoms with Gasteiger partial charge in [-0.15, -0.1) is 10.2 Å². The van der Waals surface area contributed by atoms with Crippen LogP contribution in [0.3, 0.4) is 0 Å². The Morgan fingerprint density at radius 2 is 1.60 bits per heavy atom. The van der Waals surface area contributed by atoms with Crippen molar-refractivity contribution < 1.29 is 0 Å². The monoisotopic (exact) mass is 204 g/mol. The Bertz CT molecular complexity index is 364. The van der Waals surface area contributed by atoms with Crippen molar-refractivity contribution in [3.05, 3.63) is 17.7 Å². The van der Waals surface area contributed by atoms with Gasteiger partial charge in [-0.25, -0.2) is 0 Å². The van der Waals surface area contributed by atoms with Gasteiger partial charge in [0.1, 0.15) is 0 Å². The Hall–Kier alpha value is -1.14. The first-order valence-electron chi connectivity index (χ1n) is 5.30. The molecular weight excluding hydrogens is 184 g/mol. The molecule has 0 spiro atoms. The maximum absolute atomic E-state index is 4.18. The summed E-state index contributed by atoms with van der Waals surface area (Å²) in [6, 6.07) is 0. The van der Waals surface area contributed by atoms with Gasteiger partial charge >= 0.3 is 0 Å². The topological polar surface area (TPSA) is 24.7 Å². The molecule has 0 radical (unpaired) electrons. The van der Waals surface area contributed by atoms with Gasteiger partial charge in [0.05, 0.1) is 5.71 Å². The Morgan fingerprint density at radius 3 is 2.07 bits per heavy atom. The number of hydrogen-bond donors (Lipinski definition) is 0. The molecule has 0 saturated heterocycles. The molecule has 0 unspecified atom stereocenters. The fourth-order valence-electron chi connectivity index (χ4n) is 1.20. The van der Waals surface area contributed by atoms with Crippen LogP contribution >= 0.6 is 0 Å². The molecule has 0 atom stereocenters. The van der Waals surface area contributed by atoms with Crippen molar-refractivity contribution >= 4 is 11.6 Å². The van der Waals surface area contributed by atoms with Crippen LogP contribution in [-0.4, -0.2) is 11.6 Å². The van der Waals surface area contributed by atoms with Crippen molar-refractivity contribution in [2.24, 2.45) is 21.0 Å². The lowest BCUT2D eigenvalue weighted by Gasteiger charge is -2.22. The molecule has 82 valence electrons. The van der Waals surface area contributed by atoms with E-state index in [4.69, 9.17) is 0 Å². The fourth-order valence-corrected chi connectivity index (χ4v) is 1.20. The second-order valence-corrected chi connectivity index (χ2v) is 5.96. The Morgan fingerprint density at radius 1 is 1.00 bits per heavy atom. The lowest BCUT2D eigenvalue weighted by molar-refractivity contribution is 0.516. The van der Waals surface area contributed by atoms with Crippen molar-refractivity contribution in [3.63, 3.8) is 0 Å². The highest BCUT2D eigenvalue weighted by atomic mass is 15.2. The minimum atomic E-state index is 0.0276. The van der Waals surface area contributed by atoms with E-state index in [2.05, 4.69) is 63.7 Å². The summed E-state index contributed by atoms with van der Waals surface area (Å²) in [6.07, 6.45) is 4.05. The van der Waals surface area contributed by atoms with E-state index in [1.54, 1.807) is 0 Å². The summed E-state index contributed by atoms with van der Waals surface area (Å²) >= 11 is 0. The zero-order valence-corrected chi connectivity index (χ0v) is 10.5. The second-order valence-electron chi connectivity index (χ2n) is 5.96. The lowest BCUT2D eigenvalue weighted by atomic mass is 9.82. The zero-order chi connectivity index (χ0) is 11.7. The molecule has 1 aliphatic rings. The predicted molar refractivity (Wildman–Crippen MR) is 66.4 cm³/mol. The van der Waals surface area contributed by atoms with Crippen LogP contribution in [0.4, 0.5) is 0 Å². The van der Waals surface area contributed by atoms with Gasteiger partial charge in [0.25, 0.3) is 0 Å². The predicted octanol–water partition coefficient (Wildman–Crippen LogP) is 3.60. The van der Waals surface area contributed by atoms with Crippen molar-refractivity contribution in [1.82, 2.24) is 0 Å². The van der Waals surface area contributed by atoms with Crippen LogP contribution in [-0.2, 0) is 0 Å². The van der Waals surface area contributed by atoms with E-state index in [0.717, 1.165) is 5.71 Å². The van der Waals surface area contributed by atoms with Crippen LogP contribution in [0.5, 0.6) is 0 Å². The van der Waals surface area contributed by atoms with E-state index in [9.17, 15) is 0 Å². The first-order valence-corrected chi connectivity index (χ1v) is 5.30. The summed E-state index contributed by atoms with van der Waals surface area (Å²) in [7, 11) is 0. The standard InChI is InChI=1S/C13H20N2/c1-12(2,3)10-7-8-14-15-11(9-10)13(4,5)6/h7,9H,1-6H3. The van der Waals surface area contributed by atoms with Gasteiger partial charge in [-0.2, -0.15) is 0 Å². The normalized spacial score (nSPS) is 17.2. The van der Waals surface area contributed by atoms with Gasteiger partial charge in [-0.05, 0) is 17.1 Å². The molecular formula is C13H20N2. The van der Waals surface area contributed by atoms with Gasteiger partial charge in [-0.1, -0.05) is 41.5 Å². The average molecular weight is 204 g/mol. The minimum absolute atomic E-state index is 0.0276. The minimum Gasteiger partial charge on any atom is -0.146 e. The van der Waals surface area contributed by atoms with Crippen LogP contribution in [0, 0.1) is 10.8 Å². The smallest absolute Gasteiger partial charge is 0.0694 e. The van der Waals surface area contributed by atoms with Crippen molar-refractivity contribution in [1.29, 1.82) is 0 Å². The first-order chi connectivity index (χ1) is 6.71. The number of nitrogens with zero attached hydrogens (tertiary/aromatic N) is 2. The van der Waals surface area contributed by atoms with Crippen LogP contribution in [0.15, 0.2) is 27.9 Å². The maximum Gasteiger partial charge on any atom is 0.0694 e. The highest BCUT2D eigenvalue weighted by Crippen LogP contribution is 2.29. The molecule has 2 nitrogen and oxygen atoms in total. The van der Waals surface area contributed by atoms with Gasteiger partial charge < -0.3 is 0 Å². The number of hydrogen-bond acceptors (Lipinski definition) is 2. The SMILES string of the molecule is CC(C)(C)C1=CC(C(C)(C)C)=NN=C=C1. The Balaban J connectivity index is 3.17. The molecule has 1 heterocycles. The molecule has 15 heavy (non-hydrogen) atoms. The molecule has 2 heteroatoms. The Labute approximate surface area is 92.5 Å². The number of rotatable bonds is 0. The van der Waals surface area contributed by atoms with Crippen molar-refractivity contribution in [2.75, 3.05) is 0 Å². The number of allylic oxidation sites excluding steroid dienone is 3. The Kier molecular flexibility index (Phi) is 3.01. The highest BCUT2D eigenvalue weighted by Gasteiger charge is 2.22. The second kappa shape index (κ2) is 3.79. The van der Waals surface area contributed by atoms with Crippen LogP contribution in [0.2, 0.25) is 0 Å². The van der Waals surface area contributed by atoms with Crippen LogP contribution < -0.4 is 0 Å². The van der Waals surface area contributed by atoms with Crippen LogP contribution in [0.1, 0.15) is 41.5 Å². The molecule has 0 aromatic rings.